The minimum Gasteiger partial charge on any atom is -0.384 e. The fourth-order valence-corrected chi connectivity index (χ4v) is 3.84. The molecule has 8 heteroatoms. The van der Waals surface area contributed by atoms with Crippen LogP contribution in [0.2, 0.25) is 10.0 Å². The number of rotatable bonds is 6. The minimum absolute atomic E-state index is 0.139. The van der Waals surface area contributed by atoms with Gasteiger partial charge in [-0.15, -0.1) is 0 Å². The van der Waals surface area contributed by atoms with E-state index in [1.165, 1.54) is 6.92 Å². The summed E-state index contributed by atoms with van der Waals surface area (Å²) >= 11 is 12.1. The van der Waals surface area contributed by atoms with Crippen LogP contribution in [-0.2, 0) is 4.79 Å². The molecule has 154 valence electrons. The Hall–Kier alpha value is -2.31. The Morgan fingerprint density at radius 2 is 1.86 bits per heavy atom. The zero-order valence-electron chi connectivity index (χ0n) is 16.2. The highest BCUT2D eigenvalue weighted by molar-refractivity contribution is 6.35. The van der Waals surface area contributed by atoms with Crippen LogP contribution >= 0.6 is 23.2 Å². The van der Waals surface area contributed by atoms with E-state index in [1.807, 2.05) is 6.07 Å². The van der Waals surface area contributed by atoms with E-state index in [4.69, 9.17) is 23.2 Å². The van der Waals surface area contributed by atoms with E-state index in [-0.39, 0.29) is 17.9 Å². The summed E-state index contributed by atoms with van der Waals surface area (Å²) in [5, 5.41) is 10.0. The Bertz CT molecular complexity index is 865. The van der Waals surface area contributed by atoms with Gasteiger partial charge in [-0.1, -0.05) is 23.2 Å². The molecule has 0 unspecified atom stereocenters. The number of nitrogens with zero attached hydrogens (tertiary/aromatic N) is 1. The number of nitrogens with one attached hydrogen (secondary N) is 3. The first-order chi connectivity index (χ1) is 13.9. The second kappa shape index (κ2) is 9.94. The molecule has 0 atom stereocenters. The number of amides is 2. The van der Waals surface area contributed by atoms with E-state index in [1.54, 1.807) is 30.5 Å². The highest BCUT2D eigenvalue weighted by atomic mass is 35.5. The number of carbonyl (C=O) groups is 2. The lowest BCUT2D eigenvalue weighted by Crippen LogP contribution is -2.38. The number of anilines is 2. The normalized spacial score (nSPS) is 18.7. The van der Waals surface area contributed by atoms with E-state index in [9.17, 15) is 9.59 Å². The summed E-state index contributed by atoms with van der Waals surface area (Å²) in [6.07, 6.45) is 5.62. The van der Waals surface area contributed by atoms with Crippen molar-refractivity contribution in [1.29, 1.82) is 0 Å². The van der Waals surface area contributed by atoms with Crippen molar-refractivity contribution in [3.8, 4) is 0 Å². The molecule has 3 N–H and O–H groups in total. The summed E-state index contributed by atoms with van der Waals surface area (Å²) in [7, 11) is 0. The lowest BCUT2D eigenvalue weighted by atomic mass is 9.86. The third kappa shape index (κ3) is 6.34. The second-order valence-electron chi connectivity index (χ2n) is 7.31. The van der Waals surface area contributed by atoms with Crippen LogP contribution in [-0.4, -0.2) is 29.4 Å². The lowest BCUT2D eigenvalue weighted by molar-refractivity contribution is -0.114. The molecule has 0 saturated heterocycles. The maximum absolute atomic E-state index is 12.5. The molecule has 0 aliphatic heterocycles. The average molecular weight is 435 g/mol. The first kappa shape index (κ1) is 21.4. The number of halogens is 2. The molecule has 1 heterocycles. The van der Waals surface area contributed by atoms with Crippen molar-refractivity contribution < 1.29 is 9.59 Å². The largest absolute Gasteiger partial charge is 0.384 e. The van der Waals surface area contributed by atoms with E-state index >= 15 is 0 Å². The van der Waals surface area contributed by atoms with Crippen molar-refractivity contribution in [2.75, 3.05) is 17.2 Å². The molecule has 0 bridgehead atoms. The van der Waals surface area contributed by atoms with Crippen molar-refractivity contribution in [1.82, 2.24) is 10.3 Å². The van der Waals surface area contributed by atoms with Gasteiger partial charge in [-0.25, -0.2) is 4.98 Å². The first-order valence-electron chi connectivity index (χ1n) is 9.64. The third-order valence-corrected chi connectivity index (χ3v) is 5.58. The van der Waals surface area contributed by atoms with Crippen molar-refractivity contribution in [3.05, 3.63) is 52.1 Å². The summed E-state index contributed by atoms with van der Waals surface area (Å²) in [4.78, 5) is 27.7. The van der Waals surface area contributed by atoms with Crippen LogP contribution < -0.4 is 16.0 Å². The molecule has 0 radical (unpaired) electrons. The van der Waals surface area contributed by atoms with Crippen LogP contribution in [0.5, 0.6) is 0 Å². The van der Waals surface area contributed by atoms with Gasteiger partial charge in [0.1, 0.15) is 5.82 Å². The Balaban J connectivity index is 1.43. The molecule has 1 aromatic carbocycles. The predicted octanol–water partition coefficient (Wildman–Crippen LogP) is 4.75. The molecule has 3 rings (SSSR count). The Kier molecular flexibility index (Phi) is 7.34. The molecular formula is C21H24Cl2N4O2. The summed E-state index contributed by atoms with van der Waals surface area (Å²) in [6.45, 7) is 2.30. The first-order valence-corrected chi connectivity index (χ1v) is 10.4. The van der Waals surface area contributed by atoms with Gasteiger partial charge in [0.15, 0.2) is 0 Å². The van der Waals surface area contributed by atoms with Crippen LogP contribution in [0.3, 0.4) is 0 Å². The van der Waals surface area contributed by atoms with Gasteiger partial charge in [-0.05, 0) is 61.9 Å². The van der Waals surface area contributed by atoms with Crippen LogP contribution in [0.15, 0.2) is 36.5 Å². The molecule has 6 nitrogen and oxygen atoms in total. The molecule has 0 spiro atoms. The maximum Gasteiger partial charge on any atom is 0.253 e. The van der Waals surface area contributed by atoms with Gasteiger partial charge in [0.25, 0.3) is 5.91 Å². The molecule has 2 aromatic rings. The Labute approximate surface area is 180 Å². The second-order valence-corrected chi connectivity index (χ2v) is 8.15. The molecule has 29 heavy (non-hydrogen) atoms. The third-order valence-electron chi connectivity index (χ3n) is 5.02. The summed E-state index contributed by atoms with van der Waals surface area (Å²) < 4.78 is 0. The van der Waals surface area contributed by atoms with Crippen LogP contribution in [0.4, 0.5) is 11.5 Å². The lowest BCUT2D eigenvalue weighted by Gasteiger charge is -2.29. The highest BCUT2D eigenvalue weighted by Gasteiger charge is 2.23. The van der Waals surface area contributed by atoms with Crippen molar-refractivity contribution in [2.45, 2.75) is 38.6 Å². The van der Waals surface area contributed by atoms with Crippen LogP contribution in [0.1, 0.15) is 43.0 Å². The topological polar surface area (TPSA) is 83.1 Å². The molecule has 2 amide bonds. The number of pyridine rings is 1. The van der Waals surface area contributed by atoms with E-state index in [0.29, 0.717) is 27.3 Å². The van der Waals surface area contributed by atoms with E-state index in [2.05, 4.69) is 20.9 Å². The zero-order valence-corrected chi connectivity index (χ0v) is 17.7. The van der Waals surface area contributed by atoms with Gasteiger partial charge >= 0.3 is 0 Å². The molecule has 1 aliphatic carbocycles. The number of carbonyl (C=O) groups excluding carboxylic acids is 2. The van der Waals surface area contributed by atoms with Crippen molar-refractivity contribution in [2.24, 2.45) is 5.92 Å². The molecule has 1 aliphatic rings. The SMILES string of the molecule is CC(=O)Nc1ccc(NC[C@H]2CC[C@H](NC(=O)c3cc(Cl)ccc3Cl)CC2)cn1. The van der Waals surface area contributed by atoms with Gasteiger partial charge in [-0.2, -0.15) is 0 Å². The maximum atomic E-state index is 12.5. The average Bonchev–Trinajstić information content (AvgIpc) is 2.70. The van der Waals surface area contributed by atoms with Gasteiger partial charge in [0, 0.05) is 24.5 Å². The number of aromatic nitrogens is 1. The fraction of sp³-hybridized carbons (Fsp3) is 0.381. The van der Waals surface area contributed by atoms with Crippen molar-refractivity contribution >= 4 is 46.5 Å². The van der Waals surface area contributed by atoms with Crippen LogP contribution in [0.25, 0.3) is 0 Å². The predicted molar refractivity (Wildman–Crippen MR) is 117 cm³/mol. The smallest absolute Gasteiger partial charge is 0.253 e. The highest BCUT2D eigenvalue weighted by Crippen LogP contribution is 2.26. The summed E-state index contributed by atoms with van der Waals surface area (Å²) in [6, 6.07) is 8.73. The standard InChI is InChI=1S/C21H24Cl2N4O2/c1-13(28)26-20-9-7-17(12-25-20)24-11-14-2-5-16(6-3-14)27-21(29)18-10-15(22)4-8-19(18)23/h4,7-10,12,14,16,24H,2-3,5-6,11H2,1H3,(H,27,29)(H,25,26,28)/t14-,16-. The Morgan fingerprint density at radius 1 is 1.10 bits per heavy atom. The van der Waals surface area contributed by atoms with Gasteiger partial charge in [-0.3, -0.25) is 9.59 Å². The summed E-state index contributed by atoms with van der Waals surface area (Å²) in [5.41, 5.74) is 1.34. The van der Waals surface area contributed by atoms with Gasteiger partial charge < -0.3 is 16.0 Å². The zero-order chi connectivity index (χ0) is 20.8. The van der Waals surface area contributed by atoms with E-state index in [0.717, 1.165) is 37.9 Å². The number of hydrogen-bond donors (Lipinski definition) is 3. The fourth-order valence-electron chi connectivity index (χ4n) is 3.46. The number of benzene rings is 1. The number of hydrogen-bond acceptors (Lipinski definition) is 4. The molecule has 1 aromatic heterocycles. The van der Waals surface area contributed by atoms with Crippen LogP contribution in [0, 0.1) is 5.92 Å². The molecular weight excluding hydrogens is 411 g/mol. The molecule has 1 fully saturated rings. The minimum atomic E-state index is -0.176. The van der Waals surface area contributed by atoms with Gasteiger partial charge in [0.2, 0.25) is 5.91 Å². The van der Waals surface area contributed by atoms with Crippen molar-refractivity contribution in [3.63, 3.8) is 0 Å². The van der Waals surface area contributed by atoms with E-state index < -0.39 is 0 Å². The van der Waals surface area contributed by atoms with Gasteiger partial charge in [0.05, 0.1) is 22.5 Å². The Morgan fingerprint density at radius 3 is 2.52 bits per heavy atom. The summed E-state index contributed by atoms with van der Waals surface area (Å²) in [5.74, 6) is 0.760. The monoisotopic (exact) mass is 434 g/mol. The molecule has 1 saturated carbocycles. The quantitative estimate of drug-likeness (QED) is 0.612.